The Balaban J connectivity index is 1.61. The first-order chi connectivity index (χ1) is 13.9. The van der Waals surface area contributed by atoms with Gasteiger partial charge in [-0.15, -0.1) is 0 Å². The van der Waals surface area contributed by atoms with Gasteiger partial charge in [0.15, 0.2) is 5.78 Å². The average molecular weight is 397 g/mol. The molecule has 154 valence electrons. The quantitative estimate of drug-likeness (QED) is 0.716. The van der Waals surface area contributed by atoms with E-state index in [-0.39, 0.29) is 17.9 Å². The van der Waals surface area contributed by atoms with Crippen molar-refractivity contribution in [2.75, 3.05) is 30.3 Å². The second-order valence-electron chi connectivity index (χ2n) is 7.05. The molecule has 3 rings (SSSR count). The van der Waals surface area contributed by atoms with Crippen LogP contribution in [0.15, 0.2) is 30.3 Å². The van der Waals surface area contributed by atoms with Crippen LogP contribution >= 0.6 is 0 Å². The van der Waals surface area contributed by atoms with Gasteiger partial charge < -0.3 is 20.3 Å². The lowest BCUT2D eigenvalue weighted by molar-refractivity contribution is 0.0981. The normalized spacial score (nSPS) is 14.4. The molecule has 1 fully saturated rings. The van der Waals surface area contributed by atoms with Crippen LogP contribution in [0.3, 0.4) is 0 Å². The smallest absolute Gasteiger partial charge is 0.409 e. The SMILES string of the molecule is CCOC(=O)N1CCC(Nc2cc(Nc3ccc(C(C)=O)cc3)nc(C)n2)CC1. The minimum atomic E-state index is -0.244. The van der Waals surface area contributed by atoms with Gasteiger partial charge in [-0.1, -0.05) is 0 Å². The zero-order valence-electron chi connectivity index (χ0n) is 17.1. The standard InChI is InChI=1S/C21H27N5O3/c1-4-29-21(28)26-11-9-18(10-12-26)25-20-13-19(22-15(3)23-20)24-17-7-5-16(6-8-17)14(2)27/h5-8,13,18H,4,9-12H2,1-3H3,(H2,22,23,24,25). The van der Waals surface area contributed by atoms with Gasteiger partial charge in [-0.3, -0.25) is 4.79 Å². The number of hydrogen-bond acceptors (Lipinski definition) is 7. The van der Waals surface area contributed by atoms with Crippen molar-refractivity contribution in [2.45, 2.75) is 39.7 Å². The Morgan fingerprint density at radius 1 is 1.14 bits per heavy atom. The summed E-state index contributed by atoms with van der Waals surface area (Å²) < 4.78 is 5.06. The molecule has 29 heavy (non-hydrogen) atoms. The number of likely N-dealkylation sites (tertiary alicyclic amines) is 1. The largest absolute Gasteiger partial charge is 0.450 e. The van der Waals surface area contributed by atoms with Crippen molar-refractivity contribution >= 4 is 29.2 Å². The van der Waals surface area contributed by atoms with Gasteiger partial charge in [0, 0.05) is 36.4 Å². The molecular formula is C21H27N5O3. The van der Waals surface area contributed by atoms with Crippen LogP contribution in [0.5, 0.6) is 0 Å². The average Bonchev–Trinajstić information content (AvgIpc) is 2.68. The molecule has 0 spiro atoms. The maximum atomic E-state index is 11.8. The van der Waals surface area contributed by atoms with E-state index in [9.17, 15) is 9.59 Å². The Bertz CT molecular complexity index is 861. The summed E-state index contributed by atoms with van der Waals surface area (Å²) in [4.78, 5) is 33.9. The zero-order valence-corrected chi connectivity index (χ0v) is 17.1. The number of carbonyl (C=O) groups is 2. The minimum absolute atomic E-state index is 0.0370. The number of rotatable bonds is 6. The number of aryl methyl sites for hydroxylation is 1. The summed E-state index contributed by atoms with van der Waals surface area (Å²) in [5, 5.41) is 6.70. The maximum Gasteiger partial charge on any atom is 0.409 e. The molecule has 1 aromatic heterocycles. The summed E-state index contributed by atoms with van der Waals surface area (Å²) in [6.07, 6.45) is 1.42. The maximum absolute atomic E-state index is 11.8. The number of piperidine rings is 1. The lowest BCUT2D eigenvalue weighted by Gasteiger charge is -2.31. The highest BCUT2D eigenvalue weighted by Crippen LogP contribution is 2.21. The van der Waals surface area contributed by atoms with E-state index < -0.39 is 0 Å². The number of carbonyl (C=O) groups excluding carboxylic acids is 2. The topological polar surface area (TPSA) is 96.5 Å². The highest BCUT2D eigenvalue weighted by molar-refractivity contribution is 5.94. The first kappa shape index (κ1) is 20.6. The zero-order chi connectivity index (χ0) is 20.8. The van der Waals surface area contributed by atoms with Crippen LogP contribution in [0, 0.1) is 6.92 Å². The van der Waals surface area contributed by atoms with Gasteiger partial charge in [0.1, 0.15) is 17.5 Å². The molecule has 0 radical (unpaired) electrons. The van der Waals surface area contributed by atoms with Crippen LogP contribution in [0.4, 0.5) is 22.1 Å². The third-order valence-electron chi connectivity index (χ3n) is 4.77. The van der Waals surface area contributed by atoms with Crippen molar-refractivity contribution in [3.8, 4) is 0 Å². The molecule has 0 saturated carbocycles. The van der Waals surface area contributed by atoms with E-state index in [0.29, 0.717) is 36.9 Å². The van der Waals surface area contributed by atoms with Crippen LogP contribution < -0.4 is 10.6 Å². The summed E-state index contributed by atoms with van der Waals surface area (Å²) in [6.45, 7) is 6.92. The van der Waals surface area contributed by atoms with Gasteiger partial charge >= 0.3 is 6.09 Å². The molecule has 0 bridgehead atoms. The molecule has 0 unspecified atom stereocenters. The minimum Gasteiger partial charge on any atom is -0.450 e. The fourth-order valence-corrected chi connectivity index (χ4v) is 3.27. The second kappa shape index (κ2) is 9.36. The molecule has 0 aliphatic carbocycles. The van der Waals surface area contributed by atoms with Crippen molar-refractivity contribution in [1.82, 2.24) is 14.9 Å². The molecule has 2 aromatic rings. The Morgan fingerprint density at radius 2 is 1.79 bits per heavy atom. The summed E-state index contributed by atoms with van der Waals surface area (Å²) in [5.41, 5.74) is 1.52. The fourth-order valence-electron chi connectivity index (χ4n) is 3.27. The lowest BCUT2D eigenvalue weighted by Crippen LogP contribution is -2.42. The number of Topliss-reactive ketones (excluding diaryl/α,β-unsaturated/α-hetero) is 1. The van der Waals surface area contributed by atoms with Crippen molar-refractivity contribution in [3.63, 3.8) is 0 Å². The van der Waals surface area contributed by atoms with Gasteiger partial charge in [0.2, 0.25) is 0 Å². The summed E-state index contributed by atoms with van der Waals surface area (Å²) in [5.74, 6) is 2.12. The monoisotopic (exact) mass is 397 g/mol. The van der Waals surface area contributed by atoms with Gasteiger partial charge in [-0.25, -0.2) is 14.8 Å². The molecule has 1 aromatic carbocycles. The number of benzene rings is 1. The van der Waals surface area contributed by atoms with Crippen LogP contribution in [-0.4, -0.2) is 52.5 Å². The van der Waals surface area contributed by atoms with Gasteiger partial charge in [-0.2, -0.15) is 0 Å². The predicted octanol–water partition coefficient (Wildman–Crippen LogP) is 3.76. The van der Waals surface area contributed by atoms with E-state index in [0.717, 1.165) is 24.3 Å². The highest BCUT2D eigenvalue weighted by atomic mass is 16.6. The van der Waals surface area contributed by atoms with Crippen molar-refractivity contribution in [2.24, 2.45) is 0 Å². The number of anilines is 3. The number of ether oxygens (including phenoxy) is 1. The van der Waals surface area contributed by atoms with Crippen LogP contribution in [0.1, 0.15) is 42.9 Å². The van der Waals surface area contributed by atoms with Crippen molar-refractivity contribution < 1.29 is 14.3 Å². The highest BCUT2D eigenvalue weighted by Gasteiger charge is 2.23. The van der Waals surface area contributed by atoms with Crippen LogP contribution in [0.25, 0.3) is 0 Å². The van der Waals surface area contributed by atoms with Crippen LogP contribution in [-0.2, 0) is 4.74 Å². The molecule has 8 heteroatoms. The van der Waals surface area contributed by atoms with E-state index in [4.69, 9.17) is 4.74 Å². The molecule has 1 saturated heterocycles. The third-order valence-corrected chi connectivity index (χ3v) is 4.77. The molecule has 0 atom stereocenters. The van der Waals surface area contributed by atoms with E-state index in [1.54, 1.807) is 24.0 Å². The molecule has 1 aliphatic rings. The summed E-state index contributed by atoms with van der Waals surface area (Å²) >= 11 is 0. The fraction of sp³-hybridized carbons (Fsp3) is 0.429. The molecule has 1 aliphatic heterocycles. The number of nitrogens with one attached hydrogen (secondary N) is 2. The van der Waals surface area contributed by atoms with E-state index in [2.05, 4.69) is 20.6 Å². The molecule has 2 heterocycles. The Hall–Kier alpha value is -3.16. The summed E-state index contributed by atoms with van der Waals surface area (Å²) in [7, 11) is 0. The first-order valence-electron chi connectivity index (χ1n) is 9.86. The number of amides is 1. The van der Waals surface area contributed by atoms with Crippen molar-refractivity contribution in [1.29, 1.82) is 0 Å². The Kier molecular flexibility index (Phi) is 6.64. The second-order valence-corrected chi connectivity index (χ2v) is 7.05. The lowest BCUT2D eigenvalue weighted by atomic mass is 10.1. The van der Waals surface area contributed by atoms with E-state index in [1.165, 1.54) is 0 Å². The molecule has 8 nitrogen and oxygen atoms in total. The number of ketones is 1. The predicted molar refractivity (Wildman–Crippen MR) is 112 cm³/mol. The van der Waals surface area contributed by atoms with Gasteiger partial charge in [-0.05, 0) is 57.9 Å². The van der Waals surface area contributed by atoms with Crippen LogP contribution in [0.2, 0.25) is 0 Å². The first-order valence-corrected chi connectivity index (χ1v) is 9.86. The molecular weight excluding hydrogens is 370 g/mol. The van der Waals surface area contributed by atoms with Crippen molar-refractivity contribution in [3.05, 3.63) is 41.7 Å². The number of nitrogens with zero attached hydrogens (tertiary/aromatic N) is 3. The number of hydrogen-bond donors (Lipinski definition) is 2. The third kappa shape index (κ3) is 5.66. The number of aromatic nitrogens is 2. The Labute approximate surface area is 170 Å². The molecule has 1 amide bonds. The van der Waals surface area contributed by atoms with Gasteiger partial charge in [0.25, 0.3) is 0 Å². The Morgan fingerprint density at radius 3 is 2.41 bits per heavy atom. The van der Waals surface area contributed by atoms with E-state index >= 15 is 0 Å². The molecule has 2 N–H and O–H groups in total. The van der Waals surface area contributed by atoms with Gasteiger partial charge in [0.05, 0.1) is 6.61 Å². The summed E-state index contributed by atoms with van der Waals surface area (Å²) in [6, 6.07) is 9.38. The van der Waals surface area contributed by atoms with E-state index in [1.807, 2.05) is 32.0 Å².